The minimum absolute atomic E-state index is 0.928. The molecule has 0 aliphatic heterocycles. The Hall–Kier alpha value is -0.0600. The summed E-state index contributed by atoms with van der Waals surface area (Å²) in [5.74, 6) is 0.963. The van der Waals surface area contributed by atoms with Gasteiger partial charge in [-0.25, -0.2) is 0 Å². The first kappa shape index (κ1) is 16.0. The van der Waals surface area contributed by atoms with Crippen LogP contribution < -0.4 is 4.74 Å². The van der Waals surface area contributed by atoms with Crippen LogP contribution in [-0.2, 0) is 6.54 Å². The number of rotatable bonds is 8. The van der Waals surface area contributed by atoms with Gasteiger partial charge in [-0.15, -0.1) is 0 Å². The van der Waals surface area contributed by atoms with Crippen molar-refractivity contribution in [2.75, 3.05) is 26.0 Å². The molecule has 4 heteroatoms. The minimum atomic E-state index is 0.928. The van der Waals surface area contributed by atoms with Gasteiger partial charge in [0.05, 0.1) is 7.11 Å². The van der Waals surface area contributed by atoms with Gasteiger partial charge in [-0.2, -0.15) is 0 Å². The molecule has 0 aliphatic rings. The van der Waals surface area contributed by atoms with Crippen molar-refractivity contribution in [1.82, 2.24) is 4.90 Å². The van der Waals surface area contributed by atoms with Crippen LogP contribution in [0.15, 0.2) is 22.7 Å². The fourth-order valence-electron chi connectivity index (χ4n) is 1.89. The van der Waals surface area contributed by atoms with Crippen molar-refractivity contribution in [3.63, 3.8) is 0 Å². The molecule has 1 rings (SSSR count). The van der Waals surface area contributed by atoms with Crippen LogP contribution in [0.5, 0.6) is 5.75 Å². The zero-order valence-corrected chi connectivity index (χ0v) is 14.3. The molecule has 0 saturated heterocycles. The van der Waals surface area contributed by atoms with Crippen LogP contribution in [-0.4, -0.2) is 30.9 Å². The van der Waals surface area contributed by atoms with Gasteiger partial charge in [-0.3, -0.25) is 0 Å². The molecule has 0 aromatic heterocycles. The van der Waals surface area contributed by atoms with E-state index in [4.69, 9.17) is 4.74 Å². The quantitative estimate of drug-likeness (QED) is 0.489. The molecule has 0 radical (unpaired) electrons. The van der Waals surface area contributed by atoms with E-state index in [2.05, 4.69) is 49.9 Å². The van der Waals surface area contributed by atoms with Crippen molar-refractivity contribution < 1.29 is 4.74 Å². The number of nitrogens with zero attached hydrogens (tertiary/aromatic N) is 1. The van der Waals surface area contributed by atoms with Crippen LogP contribution in [0.1, 0.15) is 24.8 Å². The Kier molecular flexibility index (Phi) is 7.95. The normalized spacial score (nSPS) is 10.9. The molecule has 0 aliphatic carbocycles. The zero-order chi connectivity index (χ0) is 13.4. The Morgan fingerprint density at radius 3 is 2.67 bits per heavy atom. The molecule has 0 N–H and O–H groups in total. The van der Waals surface area contributed by atoms with Crippen LogP contribution in [0.25, 0.3) is 0 Å². The van der Waals surface area contributed by atoms with Crippen molar-refractivity contribution in [3.8, 4) is 5.75 Å². The monoisotopic (exact) mass is 377 g/mol. The van der Waals surface area contributed by atoms with Crippen LogP contribution in [0.4, 0.5) is 0 Å². The van der Waals surface area contributed by atoms with Crippen molar-refractivity contribution in [1.29, 1.82) is 0 Å². The van der Waals surface area contributed by atoms with E-state index in [1.54, 1.807) is 7.11 Å². The summed E-state index contributed by atoms with van der Waals surface area (Å²) in [5, 5.41) is 1.11. The molecule has 0 amide bonds. The van der Waals surface area contributed by atoms with Gasteiger partial charge in [0, 0.05) is 21.9 Å². The molecular weight excluding hydrogens is 358 g/mol. The zero-order valence-electron chi connectivity index (χ0n) is 11.1. The maximum atomic E-state index is 5.39. The largest absolute Gasteiger partial charge is 0.496 e. The van der Waals surface area contributed by atoms with Gasteiger partial charge in [0.2, 0.25) is 0 Å². The van der Waals surface area contributed by atoms with Gasteiger partial charge < -0.3 is 9.64 Å². The summed E-state index contributed by atoms with van der Waals surface area (Å²) in [7, 11) is 3.89. The maximum absolute atomic E-state index is 5.39. The summed E-state index contributed by atoms with van der Waals surface area (Å²) >= 11 is 6.97. The number of methoxy groups -OCH3 is 1. The van der Waals surface area contributed by atoms with Crippen LogP contribution in [0, 0.1) is 0 Å². The van der Waals surface area contributed by atoms with Crippen molar-refractivity contribution in [3.05, 3.63) is 28.2 Å². The molecule has 0 spiro atoms. The van der Waals surface area contributed by atoms with E-state index in [1.165, 1.54) is 24.8 Å². The van der Waals surface area contributed by atoms with Gasteiger partial charge in [-0.1, -0.05) is 38.3 Å². The Morgan fingerprint density at radius 2 is 2.00 bits per heavy atom. The fraction of sp³-hybridized carbons (Fsp3) is 0.571. The van der Waals surface area contributed by atoms with Gasteiger partial charge in [-0.05, 0) is 44.6 Å². The summed E-state index contributed by atoms with van der Waals surface area (Å²) in [6.07, 6.45) is 3.79. The lowest BCUT2D eigenvalue weighted by molar-refractivity contribution is 0.310. The molecule has 1 aromatic carbocycles. The molecule has 1 aromatic rings. The number of benzene rings is 1. The molecule has 0 saturated carbocycles. The third-order valence-corrected chi connectivity index (χ3v) is 3.91. The first-order valence-electron chi connectivity index (χ1n) is 6.24. The third-order valence-electron chi connectivity index (χ3n) is 2.86. The minimum Gasteiger partial charge on any atom is -0.496 e. The smallest absolute Gasteiger partial charge is 0.123 e. The summed E-state index contributed by atoms with van der Waals surface area (Å²) in [6, 6.07) is 6.16. The van der Waals surface area contributed by atoms with Crippen molar-refractivity contribution in [2.45, 2.75) is 25.8 Å². The SMILES string of the molecule is COc1ccc(Br)cc1CN(C)CCCCCBr. The lowest BCUT2D eigenvalue weighted by atomic mass is 10.2. The second kappa shape index (κ2) is 8.94. The van der Waals surface area contributed by atoms with Crippen LogP contribution in [0.3, 0.4) is 0 Å². The van der Waals surface area contributed by atoms with Gasteiger partial charge in [0.25, 0.3) is 0 Å². The molecule has 18 heavy (non-hydrogen) atoms. The highest BCUT2D eigenvalue weighted by molar-refractivity contribution is 9.10. The van der Waals surface area contributed by atoms with E-state index in [0.717, 1.165) is 28.6 Å². The summed E-state index contributed by atoms with van der Waals surface area (Å²) < 4.78 is 6.49. The number of alkyl halides is 1. The van der Waals surface area contributed by atoms with Crippen LogP contribution >= 0.6 is 31.9 Å². The predicted molar refractivity (Wildman–Crippen MR) is 84.7 cm³/mol. The highest BCUT2D eigenvalue weighted by atomic mass is 79.9. The maximum Gasteiger partial charge on any atom is 0.123 e. The second-order valence-corrected chi connectivity index (χ2v) is 6.15. The van der Waals surface area contributed by atoms with Crippen LogP contribution in [0.2, 0.25) is 0 Å². The van der Waals surface area contributed by atoms with Gasteiger partial charge in [0.1, 0.15) is 5.75 Å². The number of ether oxygens (including phenoxy) is 1. The molecule has 0 fully saturated rings. The fourth-order valence-corrected chi connectivity index (χ4v) is 2.70. The number of hydrogen-bond acceptors (Lipinski definition) is 2. The first-order chi connectivity index (χ1) is 8.67. The topological polar surface area (TPSA) is 12.5 Å². The van der Waals surface area contributed by atoms with E-state index < -0.39 is 0 Å². The molecule has 2 nitrogen and oxygen atoms in total. The second-order valence-electron chi connectivity index (χ2n) is 4.44. The lowest BCUT2D eigenvalue weighted by Gasteiger charge is -2.18. The molecule has 0 unspecified atom stereocenters. The third kappa shape index (κ3) is 5.72. The van der Waals surface area contributed by atoms with E-state index in [-0.39, 0.29) is 0 Å². The Bertz CT molecular complexity index is 358. The highest BCUT2D eigenvalue weighted by Crippen LogP contribution is 2.24. The molecule has 0 atom stereocenters. The lowest BCUT2D eigenvalue weighted by Crippen LogP contribution is -2.19. The van der Waals surface area contributed by atoms with Crippen molar-refractivity contribution in [2.24, 2.45) is 0 Å². The molecule has 0 heterocycles. The molecule has 102 valence electrons. The summed E-state index contributed by atoms with van der Waals surface area (Å²) in [5.41, 5.74) is 1.23. The summed E-state index contributed by atoms with van der Waals surface area (Å²) in [4.78, 5) is 2.35. The average molecular weight is 379 g/mol. The standard InChI is InChI=1S/C14H21Br2NO/c1-17(9-5-3-4-8-15)11-12-10-13(16)6-7-14(12)18-2/h6-7,10H,3-5,8-9,11H2,1-2H3. The van der Waals surface area contributed by atoms with Crippen molar-refractivity contribution >= 4 is 31.9 Å². The molecule has 0 bridgehead atoms. The first-order valence-corrected chi connectivity index (χ1v) is 8.15. The number of halogens is 2. The Labute approximate surface area is 127 Å². The van der Waals surface area contributed by atoms with E-state index in [0.29, 0.717) is 0 Å². The van der Waals surface area contributed by atoms with E-state index in [9.17, 15) is 0 Å². The Morgan fingerprint density at radius 1 is 1.22 bits per heavy atom. The Balaban J connectivity index is 2.47. The summed E-state index contributed by atoms with van der Waals surface area (Å²) in [6.45, 7) is 2.06. The average Bonchev–Trinajstić information content (AvgIpc) is 2.35. The van der Waals surface area contributed by atoms with E-state index in [1.807, 2.05) is 12.1 Å². The van der Waals surface area contributed by atoms with E-state index >= 15 is 0 Å². The number of unbranched alkanes of at least 4 members (excludes halogenated alkanes) is 2. The number of hydrogen-bond donors (Lipinski definition) is 0. The van der Waals surface area contributed by atoms with Gasteiger partial charge >= 0.3 is 0 Å². The highest BCUT2D eigenvalue weighted by Gasteiger charge is 2.06. The van der Waals surface area contributed by atoms with Gasteiger partial charge in [0.15, 0.2) is 0 Å². The predicted octanol–water partition coefficient (Wildman–Crippen LogP) is 4.45. The molecular formula is C14H21Br2NO.